The SMILES string of the molecule is CN(C)CCC(c1ccc(S(=O)(=O)Nc2ncnc3cc(C4=CCN(CC5=C(c6ccc(Cl)cc6)CCC(C)(C)C5)CC4)ccc23)cc1[N+](=O)[O-])C(N)Sc1ccccc1. The molecule has 7 rings (SSSR count). The first-order valence-corrected chi connectivity index (χ1v) is 23.0. The Morgan fingerprint density at radius 1 is 1.00 bits per heavy atom. The van der Waals surface area contributed by atoms with Gasteiger partial charge in [0, 0.05) is 52.5 Å². The molecule has 1 aromatic heterocycles. The molecular formula is C46H52ClN7O4S2. The number of allylic oxidation sites excluding steroid dienone is 1. The summed E-state index contributed by atoms with van der Waals surface area (Å²) in [5.41, 5.74) is 14.1. The van der Waals surface area contributed by atoms with Gasteiger partial charge in [-0.3, -0.25) is 19.7 Å². The van der Waals surface area contributed by atoms with Crippen LogP contribution in [0.5, 0.6) is 0 Å². The van der Waals surface area contributed by atoms with Crippen molar-refractivity contribution in [3.8, 4) is 0 Å². The van der Waals surface area contributed by atoms with Crippen molar-refractivity contribution in [1.29, 1.82) is 0 Å². The third kappa shape index (κ3) is 10.4. The van der Waals surface area contributed by atoms with Gasteiger partial charge in [0.15, 0.2) is 5.82 Å². The Balaban J connectivity index is 1.08. The van der Waals surface area contributed by atoms with Crippen LogP contribution in [0.25, 0.3) is 22.0 Å². The van der Waals surface area contributed by atoms with Gasteiger partial charge in [0.25, 0.3) is 15.7 Å². The Kier molecular flexibility index (Phi) is 13.4. The van der Waals surface area contributed by atoms with Crippen LogP contribution in [0.15, 0.2) is 119 Å². The van der Waals surface area contributed by atoms with E-state index in [-0.39, 0.29) is 21.8 Å². The number of sulfonamides is 1. The molecule has 11 nitrogen and oxygen atoms in total. The lowest BCUT2D eigenvalue weighted by Gasteiger charge is -2.36. The van der Waals surface area contributed by atoms with Crippen LogP contribution in [-0.4, -0.2) is 78.8 Å². The third-order valence-electron chi connectivity index (χ3n) is 11.5. The minimum atomic E-state index is -4.29. The fourth-order valence-corrected chi connectivity index (χ4v) is 10.5. The number of nitro benzene ring substituents is 1. The van der Waals surface area contributed by atoms with E-state index in [1.807, 2.05) is 79.7 Å². The second-order valence-electron chi connectivity index (χ2n) is 16.8. The van der Waals surface area contributed by atoms with E-state index in [2.05, 4.69) is 51.6 Å². The Hall–Kier alpha value is -4.63. The van der Waals surface area contributed by atoms with Crippen molar-refractivity contribution >= 4 is 66.9 Å². The summed E-state index contributed by atoms with van der Waals surface area (Å²) in [6, 6.07) is 27.7. The molecule has 2 aliphatic rings. The number of nitrogens with zero attached hydrogens (tertiary/aromatic N) is 5. The first-order chi connectivity index (χ1) is 28.7. The van der Waals surface area contributed by atoms with Gasteiger partial charge in [0.05, 0.1) is 20.7 Å². The van der Waals surface area contributed by atoms with Crippen LogP contribution in [0, 0.1) is 15.5 Å². The van der Waals surface area contributed by atoms with Crippen molar-refractivity contribution < 1.29 is 13.3 Å². The second-order valence-corrected chi connectivity index (χ2v) is 20.1. The predicted molar refractivity (Wildman–Crippen MR) is 245 cm³/mol. The van der Waals surface area contributed by atoms with Crippen LogP contribution in [-0.2, 0) is 10.0 Å². The fraction of sp³-hybridized carbons (Fsp3) is 0.348. The molecule has 2 heterocycles. The fourth-order valence-electron chi connectivity index (χ4n) is 8.27. The van der Waals surface area contributed by atoms with Crippen LogP contribution in [0.1, 0.15) is 68.6 Å². The van der Waals surface area contributed by atoms with Gasteiger partial charge in [-0.25, -0.2) is 18.4 Å². The van der Waals surface area contributed by atoms with E-state index in [9.17, 15) is 18.5 Å². The Morgan fingerprint density at radius 2 is 1.75 bits per heavy atom. The molecule has 14 heteroatoms. The Labute approximate surface area is 362 Å². The average molecular weight is 867 g/mol. The predicted octanol–water partition coefficient (Wildman–Crippen LogP) is 9.86. The first-order valence-electron chi connectivity index (χ1n) is 20.2. The highest BCUT2D eigenvalue weighted by molar-refractivity contribution is 8.00. The Morgan fingerprint density at radius 3 is 2.45 bits per heavy atom. The highest BCUT2D eigenvalue weighted by Gasteiger charge is 2.32. The lowest BCUT2D eigenvalue weighted by Crippen LogP contribution is -2.33. The molecule has 1 aliphatic heterocycles. The molecule has 0 spiro atoms. The minimum Gasteiger partial charge on any atom is -0.319 e. The molecule has 0 bridgehead atoms. The summed E-state index contributed by atoms with van der Waals surface area (Å²) in [4.78, 5) is 25.9. The van der Waals surface area contributed by atoms with Gasteiger partial charge in [0.2, 0.25) is 0 Å². The molecule has 5 aromatic rings. The van der Waals surface area contributed by atoms with Gasteiger partial charge in [-0.2, -0.15) is 0 Å². The van der Waals surface area contributed by atoms with Crippen molar-refractivity contribution in [2.75, 3.05) is 45.0 Å². The number of aromatic nitrogens is 2. The highest BCUT2D eigenvalue weighted by atomic mass is 35.5. The van der Waals surface area contributed by atoms with Gasteiger partial charge in [-0.05, 0) is 123 Å². The van der Waals surface area contributed by atoms with Crippen LogP contribution >= 0.6 is 23.4 Å². The lowest BCUT2D eigenvalue weighted by atomic mass is 9.72. The van der Waals surface area contributed by atoms with Gasteiger partial charge < -0.3 is 10.6 Å². The summed E-state index contributed by atoms with van der Waals surface area (Å²) in [7, 11) is -0.439. The summed E-state index contributed by atoms with van der Waals surface area (Å²) < 4.78 is 30.3. The molecule has 0 radical (unpaired) electrons. The number of hydrogen-bond acceptors (Lipinski definition) is 10. The van der Waals surface area contributed by atoms with E-state index in [1.54, 1.807) is 0 Å². The van der Waals surface area contributed by atoms with E-state index in [1.165, 1.54) is 52.5 Å². The number of thioether (sulfide) groups is 1. The minimum absolute atomic E-state index is 0.0902. The summed E-state index contributed by atoms with van der Waals surface area (Å²) in [6.07, 6.45) is 8.29. The molecule has 60 heavy (non-hydrogen) atoms. The molecule has 4 aromatic carbocycles. The van der Waals surface area contributed by atoms with Crippen molar-refractivity contribution in [2.45, 2.75) is 67.0 Å². The van der Waals surface area contributed by atoms with Gasteiger partial charge in [-0.15, -0.1) is 11.8 Å². The van der Waals surface area contributed by atoms with Crippen molar-refractivity contribution in [3.05, 3.63) is 141 Å². The van der Waals surface area contributed by atoms with E-state index in [0.29, 0.717) is 29.4 Å². The van der Waals surface area contributed by atoms with Crippen molar-refractivity contribution in [1.82, 2.24) is 19.8 Å². The van der Waals surface area contributed by atoms with Crippen LogP contribution < -0.4 is 10.5 Å². The highest BCUT2D eigenvalue weighted by Crippen LogP contribution is 2.43. The van der Waals surface area contributed by atoms with E-state index in [0.717, 1.165) is 66.9 Å². The Bertz CT molecular complexity index is 2530. The van der Waals surface area contributed by atoms with E-state index >= 15 is 0 Å². The summed E-state index contributed by atoms with van der Waals surface area (Å²) in [5, 5.41) is 13.3. The smallest absolute Gasteiger partial charge is 0.274 e. The van der Waals surface area contributed by atoms with E-state index < -0.39 is 26.2 Å². The van der Waals surface area contributed by atoms with Crippen LogP contribution in [0.4, 0.5) is 11.5 Å². The number of halogens is 1. The largest absolute Gasteiger partial charge is 0.319 e. The molecule has 2 atom stereocenters. The topological polar surface area (TPSA) is 148 Å². The van der Waals surface area contributed by atoms with Gasteiger partial charge in [0.1, 0.15) is 6.33 Å². The molecule has 0 fully saturated rings. The maximum atomic E-state index is 13.9. The average Bonchev–Trinajstić information content (AvgIpc) is 3.21. The maximum absolute atomic E-state index is 13.9. The van der Waals surface area contributed by atoms with Crippen LogP contribution in [0.3, 0.4) is 0 Å². The number of nitrogens with two attached hydrogens (primary N) is 1. The zero-order valence-corrected chi connectivity index (χ0v) is 36.9. The quantitative estimate of drug-likeness (QED) is 0.0451. The number of nitro groups is 1. The zero-order chi connectivity index (χ0) is 42.6. The number of benzene rings is 4. The monoisotopic (exact) mass is 865 g/mol. The molecule has 2 unspecified atom stereocenters. The molecule has 3 N–H and O–H groups in total. The van der Waals surface area contributed by atoms with Crippen molar-refractivity contribution in [2.24, 2.45) is 11.1 Å². The summed E-state index contributed by atoms with van der Waals surface area (Å²) >= 11 is 7.64. The zero-order valence-electron chi connectivity index (χ0n) is 34.5. The molecule has 314 valence electrons. The molecule has 0 saturated carbocycles. The standard InChI is InChI=1S/C46H52ClN7O4S2/c1-46(2)22-18-38(32-10-13-35(47)14-11-32)34(28-46)29-53-24-19-31(20-25-53)33-12-16-41-42(26-33)49-30-50-45(41)51-60(57,58)37-15-17-39(43(27-37)54(55)56)40(21-23-52(3)4)44(48)59-36-8-6-5-7-9-36/h5-17,19,26-27,30,40,44H,18,20-25,28-29,48H2,1-4H3,(H,49,50,51). The second kappa shape index (κ2) is 18.6. The molecular weight excluding hydrogens is 814 g/mol. The number of rotatable bonds is 15. The van der Waals surface area contributed by atoms with Crippen LogP contribution in [0.2, 0.25) is 5.02 Å². The van der Waals surface area contributed by atoms with Gasteiger partial charge >= 0.3 is 0 Å². The number of fused-ring (bicyclic) bond motifs is 1. The number of hydrogen-bond donors (Lipinski definition) is 2. The molecule has 0 saturated heterocycles. The third-order valence-corrected chi connectivity index (χ3v) is 14.3. The van der Waals surface area contributed by atoms with E-state index in [4.69, 9.17) is 17.3 Å². The first kappa shape index (κ1) is 43.5. The lowest BCUT2D eigenvalue weighted by molar-refractivity contribution is -0.386. The van der Waals surface area contributed by atoms with Crippen molar-refractivity contribution in [3.63, 3.8) is 0 Å². The number of nitrogens with one attached hydrogen (secondary N) is 1. The number of anilines is 1. The molecule has 1 aliphatic carbocycles. The summed E-state index contributed by atoms with van der Waals surface area (Å²) in [5.74, 6) is -0.341. The van der Waals surface area contributed by atoms with Gasteiger partial charge in [-0.1, -0.05) is 79.6 Å². The molecule has 0 amide bonds. The summed E-state index contributed by atoms with van der Waals surface area (Å²) in [6.45, 7) is 8.00. The normalized spacial score (nSPS) is 17.1. The maximum Gasteiger partial charge on any atom is 0.274 e.